The van der Waals surface area contributed by atoms with Crippen molar-refractivity contribution in [3.8, 4) is 0 Å². The molecule has 19 heavy (non-hydrogen) atoms. The average Bonchev–Trinajstić information content (AvgIpc) is 2.44. The van der Waals surface area contributed by atoms with Crippen molar-refractivity contribution in [2.24, 2.45) is 0 Å². The van der Waals surface area contributed by atoms with Crippen molar-refractivity contribution in [2.45, 2.75) is 37.8 Å². The number of pyridine rings is 1. The number of aromatic nitrogens is 1. The van der Waals surface area contributed by atoms with Gasteiger partial charge in [-0.25, -0.2) is 0 Å². The van der Waals surface area contributed by atoms with E-state index in [1.54, 1.807) is 6.20 Å². The summed E-state index contributed by atoms with van der Waals surface area (Å²) in [6.45, 7) is 0. The number of fused-ring (bicyclic) bond motifs is 1. The molecule has 2 unspecified atom stereocenters. The highest BCUT2D eigenvalue weighted by molar-refractivity contribution is 5.96. The van der Waals surface area contributed by atoms with E-state index in [0.29, 0.717) is 5.69 Å². The van der Waals surface area contributed by atoms with Crippen molar-refractivity contribution < 1.29 is 5.11 Å². The van der Waals surface area contributed by atoms with E-state index in [4.69, 9.17) is 5.73 Å². The summed E-state index contributed by atoms with van der Waals surface area (Å²) in [5.41, 5.74) is 8.50. The summed E-state index contributed by atoms with van der Waals surface area (Å²) in [6, 6.07) is 8.01. The van der Waals surface area contributed by atoms with Crippen LogP contribution in [0.2, 0.25) is 0 Å². The Balaban J connectivity index is 1.97. The number of rotatable bonds is 2. The Labute approximate surface area is 112 Å². The second-order valence-corrected chi connectivity index (χ2v) is 5.21. The minimum Gasteiger partial charge on any atom is -0.396 e. The van der Waals surface area contributed by atoms with Crippen LogP contribution in [0.4, 0.5) is 11.4 Å². The van der Waals surface area contributed by atoms with Crippen LogP contribution in [0, 0.1) is 0 Å². The van der Waals surface area contributed by atoms with Crippen LogP contribution in [0.25, 0.3) is 10.9 Å². The normalized spacial score (nSPS) is 23.4. The fraction of sp³-hybridized carbons (Fsp3) is 0.400. The first-order chi connectivity index (χ1) is 9.25. The zero-order valence-electron chi connectivity index (χ0n) is 10.8. The van der Waals surface area contributed by atoms with Gasteiger partial charge in [-0.05, 0) is 18.9 Å². The Morgan fingerprint density at radius 3 is 2.84 bits per heavy atom. The van der Waals surface area contributed by atoms with E-state index in [1.807, 2.05) is 24.3 Å². The quantitative estimate of drug-likeness (QED) is 0.773. The molecule has 2 aromatic rings. The summed E-state index contributed by atoms with van der Waals surface area (Å²) in [5, 5.41) is 14.5. The van der Waals surface area contributed by atoms with Crippen LogP contribution >= 0.6 is 0 Å². The van der Waals surface area contributed by atoms with Gasteiger partial charge in [0.25, 0.3) is 0 Å². The van der Waals surface area contributed by atoms with Crippen molar-refractivity contribution in [1.29, 1.82) is 0 Å². The molecule has 1 aromatic carbocycles. The lowest BCUT2D eigenvalue weighted by Gasteiger charge is -2.30. The van der Waals surface area contributed by atoms with E-state index in [2.05, 4.69) is 10.3 Å². The molecule has 0 spiro atoms. The molecule has 100 valence electrons. The van der Waals surface area contributed by atoms with Crippen molar-refractivity contribution in [3.63, 3.8) is 0 Å². The van der Waals surface area contributed by atoms with Gasteiger partial charge in [-0.15, -0.1) is 0 Å². The Bertz CT molecular complexity index is 585. The number of nitrogens with two attached hydrogens (primary N) is 1. The van der Waals surface area contributed by atoms with Crippen LogP contribution in [0.3, 0.4) is 0 Å². The summed E-state index contributed by atoms with van der Waals surface area (Å²) >= 11 is 0. The van der Waals surface area contributed by atoms with Crippen LogP contribution in [0.1, 0.15) is 25.7 Å². The second kappa shape index (κ2) is 5.05. The van der Waals surface area contributed by atoms with E-state index in [9.17, 15) is 5.11 Å². The maximum Gasteiger partial charge on any atom is 0.0743 e. The zero-order chi connectivity index (χ0) is 13.2. The van der Waals surface area contributed by atoms with Gasteiger partial charge < -0.3 is 16.2 Å². The van der Waals surface area contributed by atoms with Gasteiger partial charge in [0.2, 0.25) is 0 Å². The predicted octanol–water partition coefficient (Wildman–Crippen LogP) is 2.53. The number of nitrogens with one attached hydrogen (secondary N) is 1. The van der Waals surface area contributed by atoms with Crippen molar-refractivity contribution in [3.05, 3.63) is 30.5 Å². The molecule has 0 amide bonds. The first-order valence-electron chi connectivity index (χ1n) is 6.83. The third-order valence-corrected chi connectivity index (χ3v) is 3.86. The van der Waals surface area contributed by atoms with E-state index >= 15 is 0 Å². The first kappa shape index (κ1) is 12.2. The van der Waals surface area contributed by atoms with Crippen LogP contribution in [-0.2, 0) is 0 Å². The Kier molecular flexibility index (Phi) is 3.25. The number of hydrogen-bond donors (Lipinski definition) is 3. The third kappa shape index (κ3) is 2.36. The van der Waals surface area contributed by atoms with Crippen LogP contribution in [-0.4, -0.2) is 22.2 Å². The van der Waals surface area contributed by atoms with Gasteiger partial charge in [0.05, 0.1) is 35.2 Å². The average molecular weight is 257 g/mol. The maximum absolute atomic E-state index is 10.1. The Morgan fingerprint density at radius 1 is 1.21 bits per heavy atom. The van der Waals surface area contributed by atoms with Gasteiger partial charge in [0.15, 0.2) is 0 Å². The molecule has 4 N–H and O–H groups in total. The van der Waals surface area contributed by atoms with Gasteiger partial charge in [0, 0.05) is 5.39 Å². The molecule has 1 fully saturated rings. The summed E-state index contributed by atoms with van der Waals surface area (Å²) in [7, 11) is 0. The molecule has 0 bridgehead atoms. The van der Waals surface area contributed by atoms with Crippen LogP contribution in [0.5, 0.6) is 0 Å². The van der Waals surface area contributed by atoms with Crippen LogP contribution in [0.15, 0.2) is 30.5 Å². The molecule has 0 radical (unpaired) electrons. The molecule has 1 aliphatic carbocycles. The Hall–Kier alpha value is -1.81. The highest BCUT2D eigenvalue weighted by Gasteiger charge is 2.23. The van der Waals surface area contributed by atoms with Crippen molar-refractivity contribution in [1.82, 2.24) is 4.98 Å². The first-order valence-corrected chi connectivity index (χ1v) is 6.83. The molecule has 1 saturated carbocycles. The van der Waals surface area contributed by atoms with Crippen molar-refractivity contribution in [2.75, 3.05) is 11.1 Å². The van der Waals surface area contributed by atoms with Crippen LogP contribution < -0.4 is 11.1 Å². The number of aliphatic hydroxyl groups is 1. The molecular formula is C15H19N3O. The highest BCUT2D eigenvalue weighted by Crippen LogP contribution is 2.31. The zero-order valence-corrected chi connectivity index (χ0v) is 10.8. The minimum atomic E-state index is -0.292. The second-order valence-electron chi connectivity index (χ2n) is 5.21. The van der Waals surface area contributed by atoms with Crippen molar-refractivity contribution >= 4 is 22.3 Å². The van der Waals surface area contributed by atoms with E-state index in [1.165, 1.54) is 0 Å². The SMILES string of the molecule is Nc1cnc2ccccc2c1NC1CCCCC1O. The molecule has 4 nitrogen and oxygen atoms in total. The van der Waals surface area contributed by atoms with Gasteiger partial charge in [0.1, 0.15) is 0 Å². The number of para-hydroxylation sites is 1. The summed E-state index contributed by atoms with van der Waals surface area (Å²) in [5.74, 6) is 0. The summed E-state index contributed by atoms with van der Waals surface area (Å²) in [4.78, 5) is 4.33. The van der Waals surface area contributed by atoms with E-state index in [-0.39, 0.29) is 12.1 Å². The largest absolute Gasteiger partial charge is 0.396 e. The molecular weight excluding hydrogens is 238 g/mol. The fourth-order valence-corrected chi connectivity index (χ4v) is 2.78. The number of hydrogen-bond acceptors (Lipinski definition) is 4. The number of anilines is 2. The lowest BCUT2D eigenvalue weighted by molar-refractivity contribution is 0.116. The molecule has 1 aromatic heterocycles. The minimum absolute atomic E-state index is 0.0851. The molecule has 4 heteroatoms. The fourth-order valence-electron chi connectivity index (χ4n) is 2.78. The van der Waals surface area contributed by atoms with E-state index in [0.717, 1.165) is 42.3 Å². The molecule has 0 aliphatic heterocycles. The molecule has 1 aliphatic rings. The van der Waals surface area contributed by atoms with Gasteiger partial charge in [-0.1, -0.05) is 31.0 Å². The standard InChI is InChI=1S/C15H19N3O/c16-11-9-17-12-6-2-1-5-10(12)15(11)18-13-7-3-4-8-14(13)19/h1-2,5-6,9,13-14,19H,3-4,7-8,16H2,(H,17,18). The highest BCUT2D eigenvalue weighted by atomic mass is 16.3. The van der Waals surface area contributed by atoms with Gasteiger partial charge >= 0.3 is 0 Å². The topological polar surface area (TPSA) is 71.2 Å². The molecule has 2 atom stereocenters. The number of aliphatic hydroxyl groups excluding tert-OH is 1. The lowest BCUT2D eigenvalue weighted by atomic mass is 9.92. The number of nitrogens with zero attached hydrogens (tertiary/aromatic N) is 1. The molecule has 1 heterocycles. The molecule has 0 saturated heterocycles. The summed E-state index contributed by atoms with van der Waals surface area (Å²) < 4.78 is 0. The Morgan fingerprint density at radius 2 is 2.00 bits per heavy atom. The predicted molar refractivity (Wildman–Crippen MR) is 78.0 cm³/mol. The number of benzene rings is 1. The lowest BCUT2D eigenvalue weighted by Crippen LogP contribution is -2.36. The van der Waals surface area contributed by atoms with E-state index < -0.39 is 0 Å². The third-order valence-electron chi connectivity index (χ3n) is 3.86. The van der Waals surface area contributed by atoms with Gasteiger partial charge in [-0.2, -0.15) is 0 Å². The summed E-state index contributed by atoms with van der Waals surface area (Å²) in [6.07, 6.45) is 5.49. The maximum atomic E-state index is 10.1. The molecule has 3 rings (SSSR count). The number of nitrogen functional groups attached to an aromatic ring is 1. The smallest absolute Gasteiger partial charge is 0.0743 e. The van der Waals surface area contributed by atoms with Gasteiger partial charge in [-0.3, -0.25) is 4.98 Å². The monoisotopic (exact) mass is 257 g/mol.